The van der Waals surface area contributed by atoms with Gasteiger partial charge in [0.15, 0.2) is 0 Å². The highest BCUT2D eigenvalue weighted by atomic mass is 16.5. The molecule has 4 unspecified atom stereocenters. The van der Waals surface area contributed by atoms with Crippen molar-refractivity contribution in [2.75, 3.05) is 7.11 Å². The molecule has 0 aliphatic heterocycles. The lowest BCUT2D eigenvalue weighted by Gasteiger charge is -2.44. The molecule has 0 amide bonds. The molecule has 0 spiro atoms. The highest BCUT2D eigenvalue weighted by Crippen LogP contribution is 2.43. The summed E-state index contributed by atoms with van der Waals surface area (Å²) in [7, 11) is 1.40. The first-order chi connectivity index (χ1) is 7.81. The SMILES string of the molecule is COC(=O)C(C(C)C)C1(O)CCC(C)C(C)C1. The Hall–Kier alpha value is -0.570. The van der Waals surface area contributed by atoms with Crippen molar-refractivity contribution < 1.29 is 14.6 Å². The fraction of sp³-hybridized carbons (Fsp3) is 0.929. The Bertz CT molecular complexity index is 275. The van der Waals surface area contributed by atoms with Gasteiger partial charge in [-0.3, -0.25) is 4.79 Å². The average molecular weight is 242 g/mol. The molecule has 0 heterocycles. The third-order valence-corrected chi connectivity index (χ3v) is 4.38. The molecule has 0 saturated heterocycles. The second-order valence-electron chi connectivity index (χ2n) is 6.05. The van der Waals surface area contributed by atoms with Crippen molar-refractivity contribution >= 4 is 5.97 Å². The zero-order valence-electron chi connectivity index (χ0n) is 11.7. The molecule has 0 aromatic rings. The van der Waals surface area contributed by atoms with Gasteiger partial charge in [0.2, 0.25) is 0 Å². The zero-order chi connectivity index (χ0) is 13.2. The lowest BCUT2D eigenvalue weighted by Crippen LogP contribution is -2.49. The van der Waals surface area contributed by atoms with E-state index in [-0.39, 0.29) is 11.9 Å². The van der Waals surface area contributed by atoms with Crippen LogP contribution in [0.15, 0.2) is 0 Å². The summed E-state index contributed by atoms with van der Waals surface area (Å²) >= 11 is 0. The molecule has 1 aliphatic carbocycles. The lowest BCUT2D eigenvalue weighted by atomic mass is 9.65. The Morgan fingerprint density at radius 1 is 1.35 bits per heavy atom. The van der Waals surface area contributed by atoms with Crippen molar-refractivity contribution in [3.63, 3.8) is 0 Å². The Morgan fingerprint density at radius 2 is 1.94 bits per heavy atom. The highest BCUT2D eigenvalue weighted by molar-refractivity contribution is 5.74. The van der Waals surface area contributed by atoms with E-state index in [1.54, 1.807) is 0 Å². The molecule has 3 heteroatoms. The van der Waals surface area contributed by atoms with Crippen LogP contribution in [0.3, 0.4) is 0 Å². The number of ether oxygens (including phenoxy) is 1. The summed E-state index contributed by atoms with van der Waals surface area (Å²) < 4.78 is 4.86. The van der Waals surface area contributed by atoms with Crippen LogP contribution in [0.2, 0.25) is 0 Å². The average Bonchev–Trinajstić information content (AvgIpc) is 2.23. The van der Waals surface area contributed by atoms with E-state index in [9.17, 15) is 9.90 Å². The van der Waals surface area contributed by atoms with Crippen LogP contribution in [0.1, 0.15) is 47.0 Å². The monoisotopic (exact) mass is 242 g/mol. The molecule has 1 fully saturated rings. The first kappa shape index (κ1) is 14.5. The van der Waals surface area contributed by atoms with E-state index >= 15 is 0 Å². The fourth-order valence-electron chi connectivity index (χ4n) is 3.14. The predicted octanol–water partition coefficient (Wildman–Crippen LogP) is 2.62. The van der Waals surface area contributed by atoms with Gasteiger partial charge in [-0.15, -0.1) is 0 Å². The number of hydrogen-bond acceptors (Lipinski definition) is 3. The predicted molar refractivity (Wildman–Crippen MR) is 67.5 cm³/mol. The van der Waals surface area contributed by atoms with E-state index in [1.165, 1.54) is 7.11 Å². The van der Waals surface area contributed by atoms with Gasteiger partial charge in [0.05, 0.1) is 18.6 Å². The van der Waals surface area contributed by atoms with Crippen LogP contribution in [0.4, 0.5) is 0 Å². The van der Waals surface area contributed by atoms with Gasteiger partial charge in [-0.2, -0.15) is 0 Å². The summed E-state index contributed by atoms with van der Waals surface area (Å²) in [6.07, 6.45) is 2.39. The van der Waals surface area contributed by atoms with Gasteiger partial charge in [-0.25, -0.2) is 0 Å². The second-order valence-corrected chi connectivity index (χ2v) is 6.05. The first-order valence-corrected chi connectivity index (χ1v) is 6.62. The minimum Gasteiger partial charge on any atom is -0.469 e. The van der Waals surface area contributed by atoms with Gasteiger partial charge >= 0.3 is 5.97 Å². The topological polar surface area (TPSA) is 46.5 Å². The summed E-state index contributed by atoms with van der Waals surface area (Å²) in [5.74, 6) is 0.514. The van der Waals surface area contributed by atoms with Gasteiger partial charge in [-0.1, -0.05) is 27.7 Å². The van der Waals surface area contributed by atoms with Crippen molar-refractivity contribution in [1.82, 2.24) is 0 Å². The molecular weight excluding hydrogens is 216 g/mol. The zero-order valence-corrected chi connectivity index (χ0v) is 11.7. The Labute approximate surface area is 105 Å². The normalized spacial score (nSPS) is 35.7. The van der Waals surface area contributed by atoms with Gasteiger partial charge < -0.3 is 9.84 Å². The van der Waals surface area contributed by atoms with E-state index in [0.717, 1.165) is 6.42 Å². The van der Waals surface area contributed by atoms with Crippen molar-refractivity contribution in [3.8, 4) is 0 Å². The number of carbonyl (C=O) groups is 1. The number of methoxy groups -OCH3 is 1. The third kappa shape index (κ3) is 3.01. The minimum atomic E-state index is -0.882. The third-order valence-electron chi connectivity index (χ3n) is 4.38. The van der Waals surface area contributed by atoms with Crippen LogP contribution < -0.4 is 0 Å². The van der Waals surface area contributed by atoms with Crippen LogP contribution in [0.5, 0.6) is 0 Å². The van der Waals surface area contributed by atoms with Crippen LogP contribution in [0, 0.1) is 23.7 Å². The van der Waals surface area contributed by atoms with E-state index in [1.807, 2.05) is 13.8 Å². The molecule has 3 nitrogen and oxygen atoms in total. The van der Waals surface area contributed by atoms with E-state index in [4.69, 9.17) is 4.74 Å². The van der Waals surface area contributed by atoms with Crippen LogP contribution in [0.25, 0.3) is 0 Å². The number of carbonyl (C=O) groups excluding carboxylic acids is 1. The summed E-state index contributed by atoms with van der Waals surface area (Å²) in [5.41, 5.74) is -0.882. The second kappa shape index (κ2) is 5.38. The number of rotatable bonds is 3. The van der Waals surface area contributed by atoms with Crippen molar-refractivity contribution in [1.29, 1.82) is 0 Å². The van der Waals surface area contributed by atoms with Crippen molar-refractivity contribution in [2.45, 2.75) is 52.6 Å². The molecule has 4 atom stereocenters. The highest BCUT2D eigenvalue weighted by Gasteiger charge is 2.47. The quantitative estimate of drug-likeness (QED) is 0.774. The minimum absolute atomic E-state index is 0.105. The lowest BCUT2D eigenvalue weighted by molar-refractivity contribution is -0.165. The summed E-state index contributed by atoms with van der Waals surface area (Å²) in [5, 5.41) is 10.8. The maximum atomic E-state index is 11.9. The molecule has 1 N–H and O–H groups in total. The standard InChI is InChI=1S/C14H26O3/c1-9(2)12(13(15)17-5)14(16)7-6-10(3)11(4)8-14/h9-12,16H,6-8H2,1-5H3. The summed E-state index contributed by atoms with van der Waals surface area (Å²) in [4.78, 5) is 11.9. The van der Waals surface area contributed by atoms with Gasteiger partial charge in [-0.05, 0) is 37.0 Å². The number of aliphatic hydroxyl groups is 1. The Balaban J connectivity index is 2.89. The summed E-state index contributed by atoms with van der Waals surface area (Å²) in [6, 6.07) is 0. The molecule has 1 saturated carbocycles. The molecular formula is C14H26O3. The van der Waals surface area contributed by atoms with Crippen LogP contribution >= 0.6 is 0 Å². The number of hydrogen-bond donors (Lipinski definition) is 1. The largest absolute Gasteiger partial charge is 0.469 e. The van der Waals surface area contributed by atoms with Gasteiger partial charge in [0, 0.05) is 0 Å². The number of esters is 1. The smallest absolute Gasteiger partial charge is 0.311 e. The molecule has 1 aliphatic rings. The van der Waals surface area contributed by atoms with Crippen LogP contribution in [-0.4, -0.2) is 23.8 Å². The van der Waals surface area contributed by atoms with Gasteiger partial charge in [0.25, 0.3) is 0 Å². The molecule has 100 valence electrons. The summed E-state index contributed by atoms with van der Waals surface area (Å²) in [6.45, 7) is 8.32. The van der Waals surface area contributed by atoms with Crippen molar-refractivity contribution in [3.05, 3.63) is 0 Å². The first-order valence-electron chi connectivity index (χ1n) is 6.62. The Morgan fingerprint density at radius 3 is 2.35 bits per heavy atom. The maximum absolute atomic E-state index is 11.9. The molecule has 1 rings (SSSR count). The van der Waals surface area contributed by atoms with E-state index in [2.05, 4.69) is 13.8 Å². The van der Waals surface area contributed by atoms with E-state index in [0.29, 0.717) is 24.7 Å². The molecule has 0 aromatic carbocycles. The van der Waals surface area contributed by atoms with E-state index < -0.39 is 11.5 Å². The molecule has 17 heavy (non-hydrogen) atoms. The fourth-order valence-corrected chi connectivity index (χ4v) is 3.14. The van der Waals surface area contributed by atoms with Crippen molar-refractivity contribution in [2.24, 2.45) is 23.7 Å². The van der Waals surface area contributed by atoms with Gasteiger partial charge in [0.1, 0.15) is 0 Å². The molecule has 0 bridgehead atoms. The molecule has 0 aromatic heterocycles. The Kier molecular flexibility index (Phi) is 4.59. The van der Waals surface area contributed by atoms with Crippen LogP contribution in [-0.2, 0) is 9.53 Å². The maximum Gasteiger partial charge on any atom is 0.311 e. The molecule has 0 radical (unpaired) electrons.